The maximum Gasteiger partial charge on any atom is 0.498 e. The van der Waals surface area contributed by atoms with Crippen LogP contribution in [0.3, 0.4) is 0 Å². The summed E-state index contributed by atoms with van der Waals surface area (Å²) in [4.78, 5) is 31.4. The summed E-state index contributed by atoms with van der Waals surface area (Å²) >= 11 is 0. The van der Waals surface area contributed by atoms with Gasteiger partial charge >= 0.3 is 12.0 Å². The van der Waals surface area contributed by atoms with Crippen LogP contribution in [-0.4, -0.2) is 31.5 Å². The summed E-state index contributed by atoms with van der Waals surface area (Å²) in [5.41, 5.74) is 0.885. The second-order valence-corrected chi connectivity index (χ2v) is 7.35. The summed E-state index contributed by atoms with van der Waals surface area (Å²) in [6.45, 7) is -0.0638. The van der Waals surface area contributed by atoms with Crippen molar-refractivity contribution in [3.05, 3.63) is 93.9 Å². The monoisotopic (exact) mass is 507 g/mol. The van der Waals surface area contributed by atoms with Gasteiger partial charge in [0, 0.05) is 37.0 Å². The number of nitrogens with one attached hydrogen (secondary N) is 2. The van der Waals surface area contributed by atoms with E-state index in [-0.39, 0.29) is 36.8 Å². The fourth-order valence-electron chi connectivity index (χ4n) is 3.04. The standard InChI is InChI=1S/C22H15F5N6O3/c23-16-4-12(5-17(24)18(16)36-15-9-30-20(31-10-15)22(25,26)27)1-2-35-21-32-8-14(19(34)33-21)3-13-6-28-11-29-7-13/h4-11H,1-3H2,(H,32,33,34)/p+1. The van der Waals surface area contributed by atoms with Crippen molar-refractivity contribution in [1.29, 1.82) is 0 Å². The van der Waals surface area contributed by atoms with Gasteiger partial charge in [-0.25, -0.2) is 28.7 Å². The Balaban J connectivity index is 1.35. The van der Waals surface area contributed by atoms with Gasteiger partial charge in [-0.3, -0.25) is 9.78 Å². The SMILES string of the molecule is O=c1[nH]c(OCCc2cc(F)c(Oc3cnc(C(F)(F)F)[nH+]c3)c(F)c2)ncc1Cc1cncnc1. The highest BCUT2D eigenvalue weighted by Gasteiger charge is 2.41. The lowest BCUT2D eigenvalue weighted by atomic mass is 10.1. The number of hydrogen-bond acceptors (Lipinski definition) is 7. The van der Waals surface area contributed by atoms with Crippen LogP contribution in [0.4, 0.5) is 22.0 Å². The van der Waals surface area contributed by atoms with Gasteiger partial charge in [0.25, 0.3) is 11.6 Å². The van der Waals surface area contributed by atoms with Gasteiger partial charge in [0.05, 0.1) is 6.61 Å². The van der Waals surface area contributed by atoms with E-state index in [1.165, 1.54) is 12.5 Å². The van der Waals surface area contributed by atoms with Crippen molar-refractivity contribution < 1.29 is 36.4 Å². The molecule has 36 heavy (non-hydrogen) atoms. The van der Waals surface area contributed by atoms with E-state index < -0.39 is 34.9 Å². The first kappa shape index (κ1) is 24.6. The lowest BCUT2D eigenvalue weighted by molar-refractivity contribution is -0.432. The van der Waals surface area contributed by atoms with Gasteiger partial charge in [-0.05, 0) is 28.2 Å². The van der Waals surface area contributed by atoms with Crippen LogP contribution >= 0.6 is 0 Å². The summed E-state index contributed by atoms with van der Waals surface area (Å²) in [5, 5.41) is 0. The quantitative estimate of drug-likeness (QED) is 0.365. The molecule has 0 fully saturated rings. The maximum atomic E-state index is 14.4. The summed E-state index contributed by atoms with van der Waals surface area (Å²) in [7, 11) is 0. The van der Waals surface area contributed by atoms with E-state index in [1.54, 1.807) is 12.4 Å². The fraction of sp³-hybridized carbons (Fsp3) is 0.182. The van der Waals surface area contributed by atoms with Crippen LogP contribution in [0.25, 0.3) is 0 Å². The molecule has 0 atom stereocenters. The third kappa shape index (κ3) is 6.14. The van der Waals surface area contributed by atoms with Gasteiger partial charge in [0.15, 0.2) is 23.6 Å². The molecule has 0 spiro atoms. The first-order chi connectivity index (χ1) is 17.2. The zero-order valence-electron chi connectivity index (χ0n) is 18.1. The lowest BCUT2D eigenvalue weighted by Crippen LogP contribution is -2.22. The molecule has 0 bridgehead atoms. The van der Waals surface area contributed by atoms with Crippen LogP contribution < -0.4 is 20.0 Å². The van der Waals surface area contributed by atoms with Crippen LogP contribution in [0.2, 0.25) is 0 Å². The summed E-state index contributed by atoms with van der Waals surface area (Å²) in [6, 6.07) is 1.91. The molecule has 1 aromatic carbocycles. The average molecular weight is 507 g/mol. The molecular formula is C22H16F5N6O3+. The number of aromatic nitrogens is 6. The van der Waals surface area contributed by atoms with Crippen LogP contribution in [-0.2, 0) is 19.0 Å². The molecule has 186 valence electrons. The Bertz CT molecular complexity index is 1380. The second-order valence-electron chi connectivity index (χ2n) is 7.35. The predicted molar refractivity (Wildman–Crippen MR) is 111 cm³/mol. The smallest absolute Gasteiger partial charge is 0.464 e. The predicted octanol–water partition coefficient (Wildman–Crippen LogP) is 3.07. The molecule has 0 unspecified atom stereocenters. The van der Waals surface area contributed by atoms with Gasteiger partial charge in [0.1, 0.15) is 12.5 Å². The minimum Gasteiger partial charge on any atom is -0.464 e. The summed E-state index contributed by atoms with van der Waals surface area (Å²) in [6.07, 6.45) is 2.95. The molecule has 4 aromatic rings. The normalized spacial score (nSPS) is 11.4. The van der Waals surface area contributed by atoms with Crippen molar-refractivity contribution in [2.75, 3.05) is 6.61 Å². The Labute approximate surface area is 199 Å². The van der Waals surface area contributed by atoms with E-state index in [0.717, 1.165) is 23.9 Å². The van der Waals surface area contributed by atoms with Gasteiger partial charge < -0.3 is 9.47 Å². The summed E-state index contributed by atoms with van der Waals surface area (Å²) < 4.78 is 76.9. The highest BCUT2D eigenvalue weighted by molar-refractivity contribution is 5.34. The van der Waals surface area contributed by atoms with Gasteiger partial charge in [-0.2, -0.15) is 13.2 Å². The molecular weight excluding hydrogens is 491 g/mol. The number of nitrogens with zero attached hydrogens (tertiary/aromatic N) is 4. The molecule has 3 aromatic heterocycles. The van der Waals surface area contributed by atoms with Crippen molar-refractivity contribution in [1.82, 2.24) is 24.9 Å². The zero-order chi connectivity index (χ0) is 25.7. The number of alkyl halides is 3. The Hall–Kier alpha value is -4.49. The topological polar surface area (TPSA) is 117 Å². The number of halogens is 5. The largest absolute Gasteiger partial charge is 0.498 e. The van der Waals surface area contributed by atoms with Gasteiger partial charge in [0.2, 0.25) is 5.75 Å². The fourth-order valence-corrected chi connectivity index (χ4v) is 3.04. The molecule has 0 aliphatic carbocycles. The number of benzene rings is 1. The van der Waals surface area contributed by atoms with Gasteiger partial charge in [-0.15, -0.1) is 0 Å². The number of aromatic amines is 2. The van der Waals surface area contributed by atoms with E-state index >= 15 is 0 Å². The molecule has 0 saturated heterocycles. The summed E-state index contributed by atoms with van der Waals surface area (Å²) in [5.74, 6) is -4.58. The van der Waals surface area contributed by atoms with Crippen LogP contribution in [0.1, 0.15) is 22.5 Å². The number of rotatable bonds is 8. The van der Waals surface area contributed by atoms with E-state index in [9.17, 15) is 26.7 Å². The minimum atomic E-state index is -4.71. The molecule has 0 aliphatic rings. The van der Waals surface area contributed by atoms with E-state index in [1.807, 2.05) is 4.98 Å². The maximum absolute atomic E-state index is 14.4. The molecule has 0 radical (unpaired) electrons. The third-order valence-corrected chi connectivity index (χ3v) is 4.71. The van der Waals surface area contributed by atoms with Crippen molar-refractivity contribution in [2.24, 2.45) is 0 Å². The van der Waals surface area contributed by atoms with Crippen LogP contribution in [0, 0.1) is 11.6 Å². The van der Waals surface area contributed by atoms with Gasteiger partial charge in [-0.1, -0.05) is 0 Å². The second kappa shape index (κ2) is 10.4. The molecule has 0 saturated carbocycles. The molecule has 0 amide bonds. The minimum absolute atomic E-state index is 0.0521. The van der Waals surface area contributed by atoms with Crippen molar-refractivity contribution in [3.8, 4) is 17.5 Å². The average Bonchev–Trinajstić information content (AvgIpc) is 2.83. The van der Waals surface area contributed by atoms with Crippen LogP contribution in [0.5, 0.6) is 17.5 Å². The number of ether oxygens (including phenoxy) is 2. The molecule has 3 heterocycles. The molecule has 2 N–H and O–H groups in total. The molecule has 14 heteroatoms. The Morgan fingerprint density at radius 2 is 1.69 bits per heavy atom. The molecule has 9 nitrogen and oxygen atoms in total. The molecule has 0 aliphatic heterocycles. The lowest BCUT2D eigenvalue weighted by Gasteiger charge is -2.09. The Kier molecular flexibility index (Phi) is 7.12. The first-order valence-corrected chi connectivity index (χ1v) is 10.2. The Morgan fingerprint density at radius 3 is 2.31 bits per heavy atom. The van der Waals surface area contributed by atoms with Crippen LogP contribution in [0.15, 0.2) is 54.2 Å². The highest BCUT2D eigenvalue weighted by Crippen LogP contribution is 2.29. The highest BCUT2D eigenvalue weighted by atomic mass is 19.4. The third-order valence-electron chi connectivity index (χ3n) is 4.71. The van der Waals surface area contributed by atoms with E-state index in [4.69, 9.17) is 9.47 Å². The number of hydrogen-bond donors (Lipinski definition) is 1. The number of H-pyrrole nitrogens is 2. The van der Waals surface area contributed by atoms with Crippen molar-refractivity contribution in [3.63, 3.8) is 0 Å². The van der Waals surface area contributed by atoms with E-state index in [2.05, 4.69) is 24.9 Å². The zero-order valence-corrected chi connectivity index (χ0v) is 18.1. The molecule has 4 rings (SSSR count). The first-order valence-electron chi connectivity index (χ1n) is 10.2. The Morgan fingerprint density at radius 1 is 0.972 bits per heavy atom. The van der Waals surface area contributed by atoms with Crippen molar-refractivity contribution in [2.45, 2.75) is 19.0 Å². The van der Waals surface area contributed by atoms with E-state index in [0.29, 0.717) is 11.8 Å². The van der Waals surface area contributed by atoms with Crippen molar-refractivity contribution >= 4 is 0 Å².